The van der Waals surface area contributed by atoms with Gasteiger partial charge in [-0.25, -0.2) is 4.79 Å². The Balaban J connectivity index is 1.72. The number of urea groups is 1. The van der Waals surface area contributed by atoms with Gasteiger partial charge in [0.05, 0.1) is 30.3 Å². The molecule has 9 heteroatoms. The average Bonchev–Trinajstić information content (AvgIpc) is 3.00. The van der Waals surface area contributed by atoms with Crippen LogP contribution in [0.1, 0.15) is 30.1 Å². The molecule has 0 spiro atoms. The summed E-state index contributed by atoms with van der Waals surface area (Å²) in [5, 5.41) is 29.8. The summed E-state index contributed by atoms with van der Waals surface area (Å²) >= 11 is 0. The number of fused-ring (bicyclic) bond motifs is 1. The number of nitro groups is 1. The highest BCUT2D eigenvalue weighted by Gasteiger charge is 2.26. The number of anilines is 1. The molecule has 1 aliphatic carbocycles. The van der Waals surface area contributed by atoms with Crippen LogP contribution in [0, 0.1) is 10.1 Å². The summed E-state index contributed by atoms with van der Waals surface area (Å²) in [6.45, 7) is 0.425. The number of aromatic nitrogens is 2. The highest BCUT2D eigenvalue weighted by molar-refractivity contribution is 5.92. The van der Waals surface area contributed by atoms with E-state index in [-0.39, 0.29) is 24.0 Å². The van der Waals surface area contributed by atoms with Crippen LogP contribution < -0.4 is 10.6 Å². The number of nitrogens with one attached hydrogen (secondary N) is 2. The summed E-state index contributed by atoms with van der Waals surface area (Å²) in [6, 6.07) is 5.29. The first-order valence-corrected chi connectivity index (χ1v) is 8.06. The van der Waals surface area contributed by atoms with E-state index in [0.29, 0.717) is 6.54 Å². The van der Waals surface area contributed by atoms with E-state index in [1.54, 1.807) is 23.0 Å². The Morgan fingerprint density at radius 3 is 3.00 bits per heavy atom. The molecule has 0 saturated carbocycles. The summed E-state index contributed by atoms with van der Waals surface area (Å²) in [6.07, 6.45) is 4.21. The number of aliphatic hydroxyl groups is 1. The third kappa shape index (κ3) is 3.61. The molecule has 1 aromatic heterocycles. The third-order valence-corrected chi connectivity index (χ3v) is 4.23. The Morgan fingerprint density at radius 2 is 2.24 bits per heavy atom. The quantitative estimate of drug-likeness (QED) is 0.565. The fourth-order valence-electron chi connectivity index (χ4n) is 3.11. The van der Waals surface area contributed by atoms with Gasteiger partial charge in [-0.3, -0.25) is 14.8 Å². The standard InChI is InChI=1S/C16H19N5O4/c22-9-8-20-14-7-3-5-12(11(14)10-17-20)18-16(23)19-13-4-1-2-6-15(13)21(24)25/h1-2,4,6,10,12,22H,3,5,7-9H2,(H2,18,19,23)/t12-/m1/s1. The van der Waals surface area contributed by atoms with Gasteiger partial charge in [0, 0.05) is 17.3 Å². The van der Waals surface area contributed by atoms with E-state index in [4.69, 9.17) is 5.11 Å². The molecule has 1 aliphatic rings. The Bertz CT molecular complexity index is 789. The van der Waals surface area contributed by atoms with E-state index in [0.717, 1.165) is 30.5 Å². The maximum absolute atomic E-state index is 12.3. The number of hydrogen-bond donors (Lipinski definition) is 3. The molecule has 0 saturated heterocycles. The van der Waals surface area contributed by atoms with Crippen molar-refractivity contribution in [3.05, 3.63) is 51.8 Å². The molecule has 1 heterocycles. The van der Waals surface area contributed by atoms with E-state index < -0.39 is 11.0 Å². The van der Waals surface area contributed by atoms with Crippen LogP contribution >= 0.6 is 0 Å². The molecule has 2 amide bonds. The zero-order valence-corrected chi connectivity index (χ0v) is 13.5. The summed E-state index contributed by atoms with van der Waals surface area (Å²) in [5.41, 5.74) is 1.93. The van der Waals surface area contributed by atoms with Crippen LogP contribution in [0.5, 0.6) is 0 Å². The minimum Gasteiger partial charge on any atom is -0.394 e. The molecule has 0 bridgehead atoms. The van der Waals surface area contributed by atoms with Crippen molar-refractivity contribution in [1.29, 1.82) is 0 Å². The van der Waals surface area contributed by atoms with Crippen LogP contribution in [0.25, 0.3) is 0 Å². The van der Waals surface area contributed by atoms with Gasteiger partial charge in [0.25, 0.3) is 5.69 Å². The lowest BCUT2D eigenvalue weighted by Crippen LogP contribution is -2.34. The number of carbonyl (C=O) groups is 1. The monoisotopic (exact) mass is 345 g/mol. The maximum Gasteiger partial charge on any atom is 0.319 e. The van der Waals surface area contributed by atoms with Gasteiger partial charge in [-0.1, -0.05) is 12.1 Å². The van der Waals surface area contributed by atoms with Crippen molar-refractivity contribution in [3.8, 4) is 0 Å². The number of nitro benzene ring substituents is 1. The lowest BCUT2D eigenvalue weighted by Gasteiger charge is -2.24. The molecule has 1 atom stereocenters. The van der Waals surface area contributed by atoms with Gasteiger partial charge in [0.1, 0.15) is 5.69 Å². The second-order valence-corrected chi connectivity index (χ2v) is 5.81. The molecule has 2 aromatic rings. The number of benzene rings is 1. The van der Waals surface area contributed by atoms with Crippen LogP contribution in [-0.2, 0) is 13.0 Å². The number of rotatable bonds is 5. The number of aliphatic hydroxyl groups excluding tert-OH is 1. The van der Waals surface area contributed by atoms with Crippen molar-refractivity contribution in [1.82, 2.24) is 15.1 Å². The van der Waals surface area contributed by atoms with Crippen LogP contribution in [0.15, 0.2) is 30.5 Å². The van der Waals surface area contributed by atoms with E-state index in [1.807, 2.05) is 0 Å². The molecule has 3 rings (SSSR count). The van der Waals surface area contributed by atoms with Gasteiger partial charge < -0.3 is 15.7 Å². The fourth-order valence-corrected chi connectivity index (χ4v) is 3.11. The van der Waals surface area contributed by atoms with Gasteiger partial charge in [0.15, 0.2) is 0 Å². The molecule has 25 heavy (non-hydrogen) atoms. The summed E-state index contributed by atoms with van der Waals surface area (Å²) in [5.74, 6) is 0. The lowest BCUT2D eigenvalue weighted by molar-refractivity contribution is -0.383. The number of para-hydroxylation sites is 2. The van der Waals surface area contributed by atoms with Crippen molar-refractivity contribution in [2.24, 2.45) is 0 Å². The van der Waals surface area contributed by atoms with E-state index in [2.05, 4.69) is 15.7 Å². The van der Waals surface area contributed by atoms with Crippen LogP contribution in [0.2, 0.25) is 0 Å². The van der Waals surface area contributed by atoms with E-state index in [1.165, 1.54) is 12.1 Å². The smallest absolute Gasteiger partial charge is 0.319 e. The zero-order chi connectivity index (χ0) is 17.8. The summed E-state index contributed by atoms with van der Waals surface area (Å²) < 4.78 is 1.75. The number of hydrogen-bond acceptors (Lipinski definition) is 5. The van der Waals surface area contributed by atoms with E-state index in [9.17, 15) is 14.9 Å². The molecule has 1 aromatic carbocycles. The second-order valence-electron chi connectivity index (χ2n) is 5.81. The molecule has 3 N–H and O–H groups in total. The first kappa shape index (κ1) is 16.9. The molecular weight excluding hydrogens is 326 g/mol. The van der Waals surface area contributed by atoms with Gasteiger partial charge in [-0.15, -0.1) is 0 Å². The molecule has 0 aliphatic heterocycles. The Morgan fingerprint density at radius 1 is 1.44 bits per heavy atom. The third-order valence-electron chi connectivity index (χ3n) is 4.23. The van der Waals surface area contributed by atoms with Gasteiger partial charge in [-0.05, 0) is 25.3 Å². The minimum absolute atomic E-state index is 0.00434. The lowest BCUT2D eigenvalue weighted by atomic mass is 9.93. The second kappa shape index (κ2) is 7.31. The van der Waals surface area contributed by atoms with Crippen molar-refractivity contribution in [3.63, 3.8) is 0 Å². The first-order chi connectivity index (χ1) is 12.1. The number of amides is 2. The van der Waals surface area contributed by atoms with Gasteiger partial charge >= 0.3 is 6.03 Å². The zero-order valence-electron chi connectivity index (χ0n) is 13.5. The minimum atomic E-state index is -0.534. The van der Waals surface area contributed by atoms with Crippen LogP contribution in [-0.4, -0.2) is 32.4 Å². The average molecular weight is 345 g/mol. The van der Waals surface area contributed by atoms with Crippen LogP contribution in [0.4, 0.5) is 16.2 Å². The van der Waals surface area contributed by atoms with Crippen molar-refractivity contribution in [2.45, 2.75) is 31.8 Å². The molecule has 132 valence electrons. The highest BCUT2D eigenvalue weighted by atomic mass is 16.6. The number of carbonyl (C=O) groups excluding carboxylic acids is 1. The molecule has 9 nitrogen and oxygen atoms in total. The van der Waals surface area contributed by atoms with Crippen molar-refractivity contribution in [2.75, 3.05) is 11.9 Å². The normalized spacial score (nSPS) is 16.1. The summed E-state index contributed by atoms with van der Waals surface area (Å²) in [7, 11) is 0. The summed E-state index contributed by atoms with van der Waals surface area (Å²) in [4.78, 5) is 22.8. The number of nitrogens with zero attached hydrogens (tertiary/aromatic N) is 3. The van der Waals surface area contributed by atoms with Gasteiger partial charge in [0.2, 0.25) is 0 Å². The highest BCUT2D eigenvalue weighted by Crippen LogP contribution is 2.30. The van der Waals surface area contributed by atoms with Crippen molar-refractivity contribution >= 4 is 17.4 Å². The molecule has 0 fully saturated rings. The molecule has 0 unspecified atom stereocenters. The van der Waals surface area contributed by atoms with Crippen LogP contribution in [0.3, 0.4) is 0 Å². The molecular formula is C16H19N5O4. The predicted molar refractivity (Wildman–Crippen MR) is 90.2 cm³/mol. The fraction of sp³-hybridized carbons (Fsp3) is 0.375. The SMILES string of the molecule is O=C(Nc1ccccc1[N+](=O)[O-])N[C@@H]1CCCc2c1cnn2CCO. The maximum atomic E-state index is 12.3. The van der Waals surface area contributed by atoms with Crippen molar-refractivity contribution < 1.29 is 14.8 Å². The Kier molecular flexibility index (Phi) is 4.94. The predicted octanol–water partition coefficient (Wildman–Crippen LogP) is 1.98. The topological polar surface area (TPSA) is 122 Å². The molecule has 0 radical (unpaired) electrons. The largest absolute Gasteiger partial charge is 0.394 e. The Labute approximate surface area is 143 Å². The van der Waals surface area contributed by atoms with Gasteiger partial charge in [-0.2, -0.15) is 5.10 Å². The Hall–Kier alpha value is -2.94. The first-order valence-electron chi connectivity index (χ1n) is 8.06. The van der Waals surface area contributed by atoms with E-state index >= 15 is 0 Å².